The van der Waals surface area contributed by atoms with Gasteiger partial charge in [0.05, 0.1) is 11.9 Å². The number of aromatic amines is 1. The molecule has 2 heterocycles. The number of aliphatic carboxylic acids is 1. The summed E-state index contributed by atoms with van der Waals surface area (Å²) in [6.07, 6.45) is 3.58. The number of rotatable bonds is 5. The molecule has 7 heteroatoms. The molecule has 0 saturated carbocycles. The Morgan fingerprint density at radius 1 is 1.58 bits per heavy atom. The molecule has 0 aliphatic rings. The normalized spacial score (nSPS) is 11.5. The number of carbonyl (C=O) groups is 1. The number of hydrogen-bond donors (Lipinski definition) is 2. The molecule has 102 valence electrons. The van der Waals surface area contributed by atoms with Crippen LogP contribution in [0.2, 0.25) is 0 Å². The first kappa shape index (κ1) is 13.5. The Labute approximate surface area is 115 Å². The van der Waals surface area contributed by atoms with Gasteiger partial charge in [0.25, 0.3) is 0 Å². The summed E-state index contributed by atoms with van der Waals surface area (Å²) >= 11 is 1.44. The number of aromatic nitrogens is 3. The maximum absolute atomic E-state index is 11.2. The minimum absolute atomic E-state index is 0.582. The highest BCUT2D eigenvalue weighted by atomic mass is 32.1. The second-order valence-corrected chi connectivity index (χ2v) is 5.74. The van der Waals surface area contributed by atoms with E-state index in [4.69, 9.17) is 0 Å². The largest absolute Gasteiger partial charge is 0.481 e. The quantitative estimate of drug-likeness (QED) is 0.873. The fourth-order valence-electron chi connectivity index (χ4n) is 1.54. The number of nitrogens with zero attached hydrogens (tertiary/aromatic N) is 3. The summed E-state index contributed by atoms with van der Waals surface area (Å²) in [7, 11) is 1.92. The first-order chi connectivity index (χ1) is 8.91. The van der Waals surface area contributed by atoms with Gasteiger partial charge in [-0.1, -0.05) is 0 Å². The third kappa shape index (κ3) is 2.76. The lowest BCUT2D eigenvalue weighted by Gasteiger charge is -2.17. The molecule has 0 aliphatic carbocycles. The highest BCUT2D eigenvalue weighted by Crippen LogP contribution is 2.29. The van der Waals surface area contributed by atoms with Gasteiger partial charge >= 0.3 is 5.97 Å². The summed E-state index contributed by atoms with van der Waals surface area (Å²) in [5.74, 6) is -0.873. The zero-order chi connectivity index (χ0) is 14.0. The number of hydrogen-bond acceptors (Lipinski definition) is 5. The summed E-state index contributed by atoms with van der Waals surface area (Å²) in [6.45, 7) is 3.99. The molecule has 2 aromatic rings. The summed E-state index contributed by atoms with van der Waals surface area (Å²) < 4.78 is 0. The van der Waals surface area contributed by atoms with E-state index in [1.165, 1.54) is 11.3 Å². The summed E-state index contributed by atoms with van der Waals surface area (Å²) in [4.78, 5) is 17.6. The Morgan fingerprint density at radius 3 is 2.89 bits per heavy atom. The molecular formula is C12H16N4O2S. The van der Waals surface area contributed by atoms with Gasteiger partial charge in [0.2, 0.25) is 0 Å². The molecule has 0 aliphatic heterocycles. The van der Waals surface area contributed by atoms with Gasteiger partial charge in [0.1, 0.15) is 5.41 Å². The van der Waals surface area contributed by atoms with Crippen LogP contribution in [0.15, 0.2) is 17.8 Å². The summed E-state index contributed by atoms with van der Waals surface area (Å²) in [5.41, 5.74) is 0.668. The SMILES string of the molecule is CN(Cc1cn[nH]c1)c1nc(C(C)(C)C(=O)O)cs1. The summed E-state index contributed by atoms with van der Waals surface area (Å²) in [5, 5.41) is 18.4. The van der Waals surface area contributed by atoms with Crippen molar-refractivity contribution < 1.29 is 9.90 Å². The number of carboxylic acid groups (broad SMARTS) is 1. The molecule has 0 radical (unpaired) electrons. The van der Waals surface area contributed by atoms with E-state index in [9.17, 15) is 9.90 Å². The predicted molar refractivity (Wildman–Crippen MR) is 73.5 cm³/mol. The number of anilines is 1. The molecule has 0 amide bonds. The van der Waals surface area contributed by atoms with Crippen LogP contribution in [0.25, 0.3) is 0 Å². The molecule has 0 spiro atoms. The average molecular weight is 280 g/mol. The van der Waals surface area contributed by atoms with E-state index in [1.54, 1.807) is 25.4 Å². The van der Waals surface area contributed by atoms with Crippen LogP contribution < -0.4 is 4.90 Å². The Morgan fingerprint density at radius 2 is 2.32 bits per heavy atom. The molecular weight excluding hydrogens is 264 g/mol. The van der Waals surface area contributed by atoms with E-state index in [1.807, 2.05) is 18.1 Å². The molecule has 0 fully saturated rings. The second-order valence-electron chi connectivity index (χ2n) is 4.91. The topological polar surface area (TPSA) is 82.1 Å². The van der Waals surface area contributed by atoms with Crippen molar-refractivity contribution in [2.45, 2.75) is 25.8 Å². The van der Waals surface area contributed by atoms with Crippen molar-refractivity contribution >= 4 is 22.4 Å². The van der Waals surface area contributed by atoms with Crippen LogP contribution in [0.3, 0.4) is 0 Å². The smallest absolute Gasteiger partial charge is 0.315 e. The Kier molecular flexibility index (Phi) is 3.57. The van der Waals surface area contributed by atoms with E-state index < -0.39 is 11.4 Å². The van der Waals surface area contributed by atoms with Crippen LogP contribution >= 0.6 is 11.3 Å². The predicted octanol–water partition coefficient (Wildman–Crippen LogP) is 1.86. The molecule has 2 N–H and O–H groups in total. The van der Waals surface area contributed by atoms with Crippen LogP contribution in [-0.4, -0.2) is 33.3 Å². The lowest BCUT2D eigenvalue weighted by atomic mass is 9.90. The van der Waals surface area contributed by atoms with Gasteiger partial charge in [0, 0.05) is 30.7 Å². The van der Waals surface area contributed by atoms with Crippen molar-refractivity contribution in [3.63, 3.8) is 0 Å². The van der Waals surface area contributed by atoms with Crippen LogP contribution in [0.4, 0.5) is 5.13 Å². The van der Waals surface area contributed by atoms with Gasteiger partial charge in [0.15, 0.2) is 5.13 Å². The molecule has 0 atom stereocenters. The Bertz CT molecular complexity index is 562. The van der Waals surface area contributed by atoms with Crippen LogP contribution in [-0.2, 0) is 16.8 Å². The van der Waals surface area contributed by atoms with Crippen LogP contribution in [0, 0.1) is 0 Å². The second kappa shape index (κ2) is 5.00. The fourth-order valence-corrected chi connectivity index (χ4v) is 2.50. The maximum atomic E-state index is 11.2. The molecule has 6 nitrogen and oxygen atoms in total. The van der Waals surface area contributed by atoms with Gasteiger partial charge < -0.3 is 10.0 Å². The van der Waals surface area contributed by atoms with Gasteiger partial charge in [-0.2, -0.15) is 5.10 Å². The molecule has 2 aromatic heterocycles. The first-order valence-corrected chi connectivity index (χ1v) is 6.67. The van der Waals surface area contributed by atoms with Crippen molar-refractivity contribution in [1.29, 1.82) is 0 Å². The standard InChI is InChI=1S/C12H16N4O2S/c1-12(2,10(17)18)9-7-19-11(15-9)16(3)6-8-4-13-14-5-8/h4-5,7H,6H2,1-3H3,(H,13,14)(H,17,18). The van der Waals surface area contributed by atoms with E-state index in [0.717, 1.165) is 10.7 Å². The van der Waals surface area contributed by atoms with Gasteiger partial charge in [-0.15, -0.1) is 11.3 Å². The third-order valence-electron chi connectivity index (χ3n) is 2.97. The number of nitrogens with one attached hydrogen (secondary N) is 1. The molecule has 19 heavy (non-hydrogen) atoms. The first-order valence-electron chi connectivity index (χ1n) is 5.79. The van der Waals surface area contributed by atoms with Crippen molar-refractivity contribution in [3.05, 3.63) is 29.0 Å². The van der Waals surface area contributed by atoms with Gasteiger partial charge in [-0.3, -0.25) is 9.89 Å². The van der Waals surface area contributed by atoms with Crippen molar-refractivity contribution in [2.75, 3.05) is 11.9 Å². The zero-order valence-corrected chi connectivity index (χ0v) is 11.9. The van der Waals surface area contributed by atoms with Crippen molar-refractivity contribution in [1.82, 2.24) is 15.2 Å². The van der Waals surface area contributed by atoms with Gasteiger partial charge in [-0.25, -0.2) is 4.98 Å². The van der Waals surface area contributed by atoms with Crippen LogP contribution in [0.1, 0.15) is 25.1 Å². The van der Waals surface area contributed by atoms with Crippen LogP contribution in [0.5, 0.6) is 0 Å². The lowest BCUT2D eigenvalue weighted by molar-refractivity contribution is -0.142. The van der Waals surface area contributed by atoms with E-state index in [0.29, 0.717) is 12.2 Å². The molecule has 0 aromatic carbocycles. The monoisotopic (exact) mass is 280 g/mol. The Balaban J connectivity index is 2.15. The van der Waals surface area contributed by atoms with Gasteiger partial charge in [-0.05, 0) is 13.8 Å². The fraction of sp³-hybridized carbons (Fsp3) is 0.417. The number of thiazole rings is 1. The number of carboxylic acids is 1. The van der Waals surface area contributed by atoms with Crippen molar-refractivity contribution in [3.8, 4) is 0 Å². The molecule has 2 rings (SSSR count). The zero-order valence-electron chi connectivity index (χ0n) is 11.0. The van der Waals surface area contributed by atoms with E-state index in [2.05, 4.69) is 15.2 Å². The molecule has 0 bridgehead atoms. The highest BCUT2D eigenvalue weighted by Gasteiger charge is 2.32. The maximum Gasteiger partial charge on any atom is 0.315 e. The van der Waals surface area contributed by atoms with E-state index in [-0.39, 0.29) is 0 Å². The highest BCUT2D eigenvalue weighted by molar-refractivity contribution is 7.13. The summed E-state index contributed by atoms with van der Waals surface area (Å²) in [6, 6.07) is 0. The molecule has 0 unspecified atom stereocenters. The third-order valence-corrected chi connectivity index (χ3v) is 3.92. The minimum Gasteiger partial charge on any atom is -0.481 e. The Hall–Kier alpha value is -1.89. The van der Waals surface area contributed by atoms with Crippen molar-refractivity contribution in [2.24, 2.45) is 0 Å². The lowest BCUT2D eigenvalue weighted by Crippen LogP contribution is -2.29. The van der Waals surface area contributed by atoms with E-state index >= 15 is 0 Å². The average Bonchev–Trinajstić information content (AvgIpc) is 2.98. The number of H-pyrrole nitrogens is 1. The molecule has 0 saturated heterocycles. The minimum atomic E-state index is -0.967.